The van der Waals surface area contributed by atoms with Crippen molar-refractivity contribution in [2.24, 2.45) is 5.92 Å². The van der Waals surface area contributed by atoms with Crippen LogP contribution in [0.15, 0.2) is 0 Å². The summed E-state index contributed by atoms with van der Waals surface area (Å²) in [5.74, 6) is 1.88. The molecule has 0 spiro atoms. The molecule has 0 aromatic carbocycles. The van der Waals surface area contributed by atoms with Gasteiger partial charge in [0, 0.05) is 38.1 Å². The van der Waals surface area contributed by atoms with E-state index in [-0.39, 0.29) is 45.6 Å². The van der Waals surface area contributed by atoms with Crippen molar-refractivity contribution < 1.29 is 66.0 Å². The molecule has 0 amide bonds. The summed E-state index contributed by atoms with van der Waals surface area (Å²) in [5, 5.41) is 0. The summed E-state index contributed by atoms with van der Waals surface area (Å²) in [6.07, 6.45) is 19.1. The number of hydrogen-bond acceptors (Lipinski definition) is 0. The molecule has 2 aliphatic carbocycles. The van der Waals surface area contributed by atoms with Crippen molar-refractivity contribution in [1.29, 1.82) is 0 Å². The smallest absolute Gasteiger partial charge is 0 e. The fraction of sp³-hybridized carbons (Fsp3) is 0.0556. The minimum absolute atomic E-state index is 0. The maximum atomic E-state index is 7.50. The van der Waals surface area contributed by atoms with Gasteiger partial charge in [-0.1, -0.05) is 0 Å². The fourth-order valence-electron chi connectivity index (χ4n) is 1.33. The molecule has 0 unspecified atom stereocenters. The molecule has 11 radical (unpaired) electrons. The Kier molecular flexibility index (Phi) is 124. The van der Waals surface area contributed by atoms with Crippen LogP contribution in [0.5, 0.6) is 0 Å². The van der Waals surface area contributed by atoms with Gasteiger partial charge in [-0.15, -0.1) is 0 Å². The molecule has 2 fully saturated rings. The van der Waals surface area contributed by atoms with E-state index in [1.807, 2.05) is 0 Å². The first-order valence-corrected chi connectivity index (χ1v) is 5.09. The zero-order valence-electron chi connectivity index (χ0n) is 13.5. The fourth-order valence-corrected chi connectivity index (χ4v) is 1.33. The third-order valence-corrected chi connectivity index (χ3v) is 1.93. The second kappa shape index (κ2) is 64.2. The molecule has 2 rings (SSSR count). The summed E-state index contributed by atoms with van der Waals surface area (Å²) in [7, 11) is 0. The van der Waals surface area contributed by atoms with Crippen molar-refractivity contribution in [1.82, 2.24) is 0 Å². The Bertz CT molecular complexity index is 278. The van der Waals surface area contributed by atoms with Crippen LogP contribution in [0.3, 0.4) is 0 Å². The summed E-state index contributed by atoms with van der Waals surface area (Å²) in [4.78, 5) is 0. The molecule has 0 atom stereocenters. The van der Waals surface area contributed by atoms with Crippen molar-refractivity contribution in [2.45, 2.75) is 0 Å². The van der Waals surface area contributed by atoms with E-state index in [0.29, 0.717) is 5.92 Å². The zero-order valence-corrected chi connectivity index (χ0v) is 17.6. The second-order valence-electron chi connectivity index (χ2n) is 2.71. The van der Waals surface area contributed by atoms with Crippen LogP contribution in [0.2, 0.25) is 0 Å². The van der Waals surface area contributed by atoms with E-state index in [4.69, 9.17) is 27.9 Å². The van der Waals surface area contributed by atoms with Gasteiger partial charge in [0.2, 0.25) is 0 Å². The van der Waals surface area contributed by atoms with Crippen molar-refractivity contribution in [3.63, 3.8) is 0 Å². The number of rotatable bonds is 1. The van der Waals surface area contributed by atoms with Crippen LogP contribution < -0.4 is 0 Å². The van der Waals surface area contributed by atoms with Crippen LogP contribution in [0, 0.1) is 117 Å². The van der Waals surface area contributed by atoms with Crippen molar-refractivity contribution in [3.8, 4) is 0 Å². The molecule has 0 bridgehead atoms. The Morgan fingerprint density at radius 1 is 0.538 bits per heavy atom. The normalized spacial score (nSPS) is 12.9. The average Bonchev–Trinajstić information content (AvgIpc) is 3.27. The van der Waals surface area contributed by atoms with E-state index in [2.05, 4.69) is 97.7 Å². The van der Waals surface area contributed by atoms with Gasteiger partial charge in [0.05, 0.1) is 0 Å². The average molecular weight is 564 g/mol. The molecular weight excluding hydrogens is 551 g/mol. The first kappa shape index (κ1) is 50.0. The van der Waals surface area contributed by atoms with Crippen LogP contribution in [-0.2, 0) is 66.0 Å². The van der Waals surface area contributed by atoms with E-state index in [1.54, 1.807) is 0 Å². The summed E-state index contributed by atoms with van der Waals surface area (Å²) >= 11 is 0. The summed E-state index contributed by atoms with van der Waals surface area (Å²) in [5.41, 5.74) is 0. The van der Waals surface area contributed by atoms with Crippen LogP contribution in [0.4, 0.5) is 0 Å². The predicted octanol–water partition coefficient (Wildman–Crippen LogP) is 2.26. The molecule has 0 aromatic heterocycles. The first-order chi connectivity index (χ1) is 11.5. The van der Waals surface area contributed by atoms with Gasteiger partial charge in [-0.05, 0) is 69.6 Å². The molecule has 2 aliphatic rings. The first-order valence-electron chi connectivity index (χ1n) is 5.09. The van der Waals surface area contributed by atoms with E-state index in [9.17, 15) is 0 Å². The Labute approximate surface area is 182 Å². The van der Waals surface area contributed by atoms with Crippen LogP contribution in [0.1, 0.15) is 0 Å². The zero-order chi connectivity index (χ0) is 19.5. The van der Waals surface area contributed by atoms with Gasteiger partial charge in [-0.25, -0.2) is 0 Å². The summed E-state index contributed by atoms with van der Waals surface area (Å²) < 4.78 is 45.0. The Morgan fingerprint density at radius 2 is 0.808 bits per heavy atom. The standard InChI is InChI=1S/C11H10.6CO.CH3.Mn.W/c1-2-6-10(7-3-1)11-8-4-5-9-11;6*1-2;;;/h1-10H;;;;;;;1H3;;/q;;;;;;;-1;;. The van der Waals surface area contributed by atoms with Gasteiger partial charge in [0.1, 0.15) is 0 Å². The Hall–Kier alpha value is -0.352. The third-order valence-electron chi connectivity index (χ3n) is 1.93. The largest absolute Gasteiger partial charge is 0.358 e. The van der Waals surface area contributed by atoms with Crippen molar-refractivity contribution >= 4 is 0 Å². The maximum Gasteiger partial charge on any atom is 0 e. The predicted molar refractivity (Wildman–Crippen MR) is 75.4 cm³/mol. The van der Waals surface area contributed by atoms with Gasteiger partial charge >= 0.3 is 67.8 Å². The minimum atomic E-state index is 0. The van der Waals surface area contributed by atoms with E-state index >= 15 is 0 Å². The number of hydrogen-bond donors (Lipinski definition) is 0. The van der Waals surface area contributed by atoms with E-state index in [1.165, 1.54) is 5.92 Å². The molecule has 8 heteroatoms. The van der Waals surface area contributed by atoms with Gasteiger partial charge in [-0.2, -0.15) is 0 Å². The Morgan fingerprint density at radius 3 is 1.08 bits per heavy atom. The second-order valence-corrected chi connectivity index (χ2v) is 2.71. The molecule has 0 aliphatic heterocycles. The molecule has 0 aromatic rings. The summed E-state index contributed by atoms with van der Waals surface area (Å²) in [6, 6.07) is 0. The monoisotopic (exact) mass is 564 g/mol. The topological polar surface area (TPSA) is 119 Å². The van der Waals surface area contributed by atoms with Gasteiger partial charge in [-0.3, -0.25) is 0 Å². The maximum absolute atomic E-state index is 7.50. The molecule has 6 nitrogen and oxygen atoms in total. The van der Waals surface area contributed by atoms with E-state index in [0.717, 1.165) is 0 Å². The van der Waals surface area contributed by atoms with Crippen LogP contribution in [-0.4, -0.2) is 0 Å². The van der Waals surface area contributed by atoms with Crippen LogP contribution >= 0.6 is 0 Å². The Balaban J connectivity index is -0.0000000315. The molecule has 26 heavy (non-hydrogen) atoms. The molecular formula is C18H13MnO6W-. The molecule has 0 N–H and O–H groups in total. The molecule has 135 valence electrons. The van der Waals surface area contributed by atoms with Gasteiger partial charge in [0.25, 0.3) is 0 Å². The van der Waals surface area contributed by atoms with Gasteiger partial charge < -0.3 is 7.43 Å². The molecule has 2 saturated carbocycles. The SMILES string of the molecule is [C-]#[O+].[C-]#[O+].[C-]#[O+].[C-]#[O+].[C-]#[O+].[C-]#[O+].[CH3-].[CH]1[CH][CH]C([C]2[CH][CH][CH][CH]2)[CH][CH]1.[Mn].[W]. The van der Waals surface area contributed by atoms with Gasteiger partial charge in [0.15, 0.2) is 0 Å². The molecule has 0 heterocycles. The third kappa shape index (κ3) is 34.9. The summed E-state index contributed by atoms with van der Waals surface area (Å²) in [6.45, 7) is 27.0. The van der Waals surface area contributed by atoms with Crippen LogP contribution in [0.25, 0.3) is 0 Å². The van der Waals surface area contributed by atoms with Crippen molar-refractivity contribution in [2.75, 3.05) is 0 Å². The quantitative estimate of drug-likeness (QED) is 0.264. The molecule has 0 saturated heterocycles. The minimum Gasteiger partial charge on any atom is -0.358 e. The van der Waals surface area contributed by atoms with Crippen molar-refractivity contribution in [3.05, 3.63) is 111 Å². The van der Waals surface area contributed by atoms with E-state index < -0.39 is 0 Å².